The van der Waals surface area contributed by atoms with Crippen LogP contribution in [0.5, 0.6) is 0 Å². The quantitative estimate of drug-likeness (QED) is 0.799. The summed E-state index contributed by atoms with van der Waals surface area (Å²) in [6, 6.07) is 17.6. The summed E-state index contributed by atoms with van der Waals surface area (Å²) in [6.45, 7) is 2.19. The molecule has 0 atom stereocenters. The third-order valence-electron chi connectivity index (χ3n) is 3.69. The number of likely N-dealkylation sites (N-methyl/N-ethyl adjacent to an activating group) is 1. The van der Waals surface area contributed by atoms with E-state index in [0.29, 0.717) is 25.2 Å². The van der Waals surface area contributed by atoms with Gasteiger partial charge in [-0.25, -0.2) is 0 Å². The highest BCUT2D eigenvalue weighted by Crippen LogP contribution is 2.11. The van der Waals surface area contributed by atoms with E-state index in [1.807, 2.05) is 61.5 Å². The molecule has 4 heteroatoms. The molecule has 0 aliphatic carbocycles. The lowest BCUT2D eigenvalue weighted by molar-refractivity contribution is -0.131. The van der Waals surface area contributed by atoms with Gasteiger partial charge < -0.3 is 15.5 Å². The van der Waals surface area contributed by atoms with Gasteiger partial charge >= 0.3 is 0 Å². The topological polar surface area (TPSA) is 49.6 Å². The van der Waals surface area contributed by atoms with Gasteiger partial charge in [-0.15, -0.1) is 0 Å². The molecule has 2 aromatic carbocycles. The Morgan fingerprint density at radius 1 is 0.957 bits per heavy atom. The minimum absolute atomic E-state index is 0.126. The van der Waals surface area contributed by atoms with E-state index in [0.717, 1.165) is 17.7 Å². The summed E-state index contributed by atoms with van der Waals surface area (Å²) in [6.07, 6.45) is 0.380. The number of nitrogen functional groups attached to an aromatic ring is 1. The average Bonchev–Trinajstić information content (AvgIpc) is 2.52. The first kappa shape index (κ1) is 17.0. The molecule has 0 spiro atoms. The third-order valence-corrected chi connectivity index (χ3v) is 3.69. The van der Waals surface area contributed by atoms with Crippen LogP contribution in [0.2, 0.25) is 0 Å². The van der Waals surface area contributed by atoms with Crippen LogP contribution in [0.15, 0.2) is 54.6 Å². The second kappa shape index (κ2) is 8.34. The van der Waals surface area contributed by atoms with E-state index in [1.165, 1.54) is 0 Å². The lowest BCUT2D eigenvalue weighted by Gasteiger charge is -2.25. The van der Waals surface area contributed by atoms with Crippen LogP contribution in [-0.2, 0) is 17.8 Å². The number of carbonyl (C=O) groups is 1. The number of nitrogens with zero attached hydrogens (tertiary/aromatic N) is 2. The van der Waals surface area contributed by atoms with Crippen molar-refractivity contribution < 1.29 is 4.79 Å². The molecule has 4 nitrogen and oxygen atoms in total. The number of amides is 1. The molecule has 23 heavy (non-hydrogen) atoms. The molecule has 0 heterocycles. The zero-order valence-corrected chi connectivity index (χ0v) is 13.9. The Morgan fingerprint density at radius 2 is 1.65 bits per heavy atom. The van der Waals surface area contributed by atoms with Crippen molar-refractivity contribution in [3.8, 4) is 0 Å². The van der Waals surface area contributed by atoms with Gasteiger partial charge in [0.05, 0.1) is 6.42 Å². The number of carbonyl (C=O) groups excluding carboxylic acids is 1. The van der Waals surface area contributed by atoms with Gasteiger partial charge in [-0.1, -0.05) is 42.5 Å². The smallest absolute Gasteiger partial charge is 0.227 e. The van der Waals surface area contributed by atoms with Crippen LogP contribution in [0.1, 0.15) is 11.1 Å². The molecule has 0 radical (unpaired) electrons. The molecule has 0 saturated heterocycles. The van der Waals surface area contributed by atoms with Gasteiger partial charge in [0, 0.05) is 25.3 Å². The number of rotatable bonds is 7. The number of anilines is 1. The van der Waals surface area contributed by atoms with Crippen molar-refractivity contribution >= 4 is 11.6 Å². The van der Waals surface area contributed by atoms with E-state index in [1.54, 1.807) is 0 Å². The number of hydrogen-bond acceptors (Lipinski definition) is 3. The summed E-state index contributed by atoms with van der Waals surface area (Å²) in [5.41, 5.74) is 8.60. The first-order valence-electron chi connectivity index (χ1n) is 7.85. The van der Waals surface area contributed by atoms with Gasteiger partial charge in [-0.3, -0.25) is 4.79 Å². The van der Waals surface area contributed by atoms with Crippen molar-refractivity contribution in [1.82, 2.24) is 9.80 Å². The second-order valence-electron chi connectivity index (χ2n) is 6.03. The molecule has 0 unspecified atom stereocenters. The van der Waals surface area contributed by atoms with Gasteiger partial charge in [0.2, 0.25) is 5.91 Å². The fraction of sp³-hybridized carbons (Fsp3) is 0.316. The van der Waals surface area contributed by atoms with E-state index >= 15 is 0 Å². The highest BCUT2D eigenvalue weighted by Gasteiger charge is 2.15. The molecule has 2 rings (SSSR count). The third kappa shape index (κ3) is 5.75. The van der Waals surface area contributed by atoms with Crippen molar-refractivity contribution in [2.24, 2.45) is 0 Å². The maximum atomic E-state index is 12.7. The summed E-state index contributed by atoms with van der Waals surface area (Å²) in [7, 11) is 4.03. The SMILES string of the molecule is CN(C)CCN(Cc1ccccc1)C(=O)Cc1cccc(N)c1. The maximum Gasteiger partial charge on any atom is 0.227 e. The molecule has 2 N–H and O–H groups in total. The van der Waals surface area contributed by atoms with Crippen LogP contribution in [0.4, 0.5) is 5.69 Å². The molecule has 0 aromatic heterocycles. The predicted molar refractivity (Wildman–Crippen MR) is 95.0 cm³/mol. The minimum Gasteiger partial charge on any atom is -0.399 e. The molecule has 0 fully saturated rings. The zero-order valence-electron chi connectivity index (χ0n) is 13.9. The Labute approximate surface area is 138 Å². The Morgan fingerprint density at radius 3 is 2.30 bits per heavy atom. The van der Waals surface area contributed by atoms with Crippen LogP contribution in [0, 0.1) is 0 Å². The largest absolute Gasteiger partial charge is 0.399 e. The minimum atomic E-state index is 0.126. The van der Waals surface area contributed by atoms with Crippen molar-refractivity contribution in [1.29, 1.82) is 0 Å². The molecule has 122 valence electrons. The first-order valence-corrected chi connectivity index (χ1v) is 7.85. The van der Waals surface area contributed by atoms with E-state index in [2.05, 4.69) is 17.0 Å². The molecule has 2 aromatic rings. The van der Waals surface area contributed by atoms with Crippen molar-refractivity contribution in [3.05, 3.63) is 65.7 Å². The second-order valence-corrected chi connectivity index (χ2v) is 6.03. The van der Waals surface area contributed by atoms with Crippen LogP contribution in [-0.4, -0.2) is 42.9 Å². The van der Waals surface area contributed by atoms with Crippen molar-refractivity contribution in [3.63, 3.8) is 0 Å². The van der Waals surface area contributed by atoms with E-state index in [-0.39, 0.29) is 5.91 Å². The van der Waals surface area contributed by atoms with Crippen LogP contribution in [0.25, 0.3) is 0 Å². The van der Waals surface area contributed by atoms with Crippen molar-refractivity contribution in [2.45, 2.75) is 13.0 Å². The summed E-state index contributed by atoms with van der Waals surface area (Å²) in [4.78, 5) is 16.7. The molecule has 0 aliphatic rings. The molecule has 0 saturated carbocycles. The molecular weight excluding hydrogens is 286 g/mol. The Hall–Kier alpha value is -2.33. The fourth-order valence-electron chi connectivity index (χ4n) is 2.41. The highest BCUT2D eigenvalue weighted by molar-refractivity contribution is 5.79. The standard InChI is InChI=1S/C19H25N3O/c1-21(2)11-12-22(15-16-7-4-3-5-8-16)19(23)14-17-9-6-10-18(20)13-17/h3-10,13H,11-12,14-15,20H2,1-2H3. The fourth-order valence-corrected chi connectivity index (χ4v) is 2.41. The monoisotopic (exact) mass is 311 g/mol. The lowest BCUT2D eigenvalue weighted by atomic mass is 10.1. The van der Waals surface area contributed by atoms with Gasteiger partial charge in [-0.05, 0) is 37.4 Å². The predicted octanol–water partition coefficient (Wildman–Crippen LogP) is 2.40. The Balaban J connectivity index is 2.07. The zero-order chi connectivity index (χ0) is 16.7. The van der Waals surface area contributed by atoms with Gasteiger partial charge in [0.15, 0.2) is 0 Å². The molecule has 0 aliphatic heterocycles. The van der Waals surface area contributed by atoms with Crippen LogP contribution >= 0.6 is 0 Å². The van der Waals surface area contributed by atoms with Crippen LogP contribution in [0.3, 0.4) is 0 Å². The van der Waals surface area contributed by atoms with E-state index in [9.17, 15) is 4.79 Å². The maximum absolute atomic E-state index is 12.7. The Bertz CT molecular complexity index is 626. The van der Waals surface area contributed by atoms with E-state index in [4.69, 9.17) is 5.73 Å². The van der Waals surface area contributed by atoms with Gasteiger partial charge in [-0.2, -0.15) is 0 Å². The molecular formula is C19H25N3O. The molecule has 1 amide bonds. The summed E-state index contributed by atoms with van der Waals surface area (Å²) in [5, 5.41) is 0. The highest BCUT2D eigenvalue weighted by atomic mass is 16.2. The average molecular weight is 311 g/mol. The normalized spacial score (nSPS) is 10.7. The molecule has 0 bridgehead atoms. The number of benzene rings is 2. The first-order chi connectivity index (χ1) is 11.0. The summed E-state index contributed by atoms with van der Waals surface area (Å²) >= 11 is 0. The number of hydrogen-bond donors (Lipinski definition) is 1. The van der Waals surface area contributed by atoms with Crippen molar-refractivity contribution in [2.75, 3.05) is 32.9 Å². The summed E-state index contributed by atoms with van der Waals surface area (Å²) < 4.78 is 0. The Kier molecular flexibility index (Phi) is 6.18. The van der Waals surface area contributed by atoms with Crippen LogP contribution < -0.4 is 5.73 Å². The summed E-state index contributed by atoms with van der Waals surface area (Å²) in [5.74, 6) is 0.126. The lowest BCUT2D eigenvalue weighted by Crippen LogP contribution is -2.37. The van der Waals surface area contributed by atoms with Gasteiger partial charge in [0.25, 0.3) is 0 Å². The van der Waals surface area contributed by atoms with Gasteiger partial charge in [0.1, 0.15) is 0 Å². The van der Waals surface area contributed by atoms with E-state index < -0.39 is 0 Å². The number of nitrogens with two attached hydrogens (primary N) is 1.